The van der Waals surface area contributed by atoms with Crippen molar-refractivity contribution in [3.8, 4) is 0 Å². The molecule has 80 valence electrons. The third-order valence-corrected chi connectivity index (χ3v) is 3.37. The van der Waals surface area contributed by atoms with Crippen molar-refractivity contribution < 1.29 is 4.79 Å². The highest BCUT2D eigenvalue weighted by atomic mass is 16.1. The highest BCUT2D eigenvalue weighted by Crippen LogP contribution is 2.36. The van der Waals surface area contributed by atoms with Crippen molar-refractivity contribution in [3.05, 3.63) is 29.6 Å². The van der Waals surface area contributed by atoms with Crippen molar-refractivity contribution in [2.45, 2.75) is 44.4 Å². The zero-order valence-corrected chi connectivity index (χ0v) is 9.20. The third kappa shape index (κ3) is 1.94. The molecule has 1 fully saturated rings. The second-order valence-corrected chi connectivity index (χ2v) is 4.50. The maximum absolute atomic E-state index is 11.4. The van der Waals surface area contributed by atoms with Crippen molar-refractivity contribution in [3.63, 3.8) is 0 Å². The Kier molecular flexibility index (Phi) is 2.85. The van der Waals surface area contributed by atoms with E-state index in [-0.39, 0.29) is 5.41 Å². The number of carbonyl (C=O) groups excluding carboxylic acids is 1. The number of aromatic nitrogens is 1. The molecule has 1 aromatic rings. The first-order chi connectivity index (χ1) is 7.27. The molecule has 1 aliphatic rings. The summed E-state index contributed by atoms with van der Waals surface area (Å²) in [4.78, 5) is 15.9. The highest BCUT2D eigenvalue weighted by molar-refractivity contribution is 5.67. The Morgan fingerprint density at radius 2 is 2.00 bits per heavy atom. The standard InChI is InChI=1S/C13H17NO/c1-11-6-5-7-12(14-11)13(10-15)8-3-2-4-9-13/h5-7,10H,2-4,8-9H2,1H3. The zero-order valence-electron chi connectivity index (χ0n) is 9.20. The lowest BCUT2D eigenvalue weighted by atomic mass is 9.72. The molecule has 0 spiro atoms. The molecule has 0 saturated heterocycles. The summed E-state index contributed by atoms with van der Waals surface area (Å²) in [5.74, 6) is 0. The van der Waals surface area contributed by atoms with Crippen LogP contribution in [0.2, 0.25) is 0 Å². The lowest BCUT2D eigenvalue weighted by Crippen LogP contribution is -2.31. The van der Waals surface area contributed by atoms with Crippen LogP contribution in [-0.2, 0) is 10.2 Å². The molecular weight excluding hydrogens is 186 g/mol. The molecule has 0 radical (unpaired) electrons. The van der Waals surface area contributed by atoms with Crippen LogP contribution in [0.25, 0.3) is 0 Å². The molecule has 0 amide bonds. The summed E-state index contributed by atoms with van der Waals surface area (Å²) in [5, 5.41) is 0. The fourth-order valence-corrected chi connectivity index (χ4v) is 2.44. The lowest BCUT2D eigenvalue weighted by Gasteiger charge is -2.31. The smallest absolute Gasteiger partial charge is 0.132 e. The topological polar surface area (TPSA) is 30.0 Å². The Morgan fingerprint density at radius 1 is 1.27 bits per heavy atom. The van der Waals surface area contributed by atoms with E-state index in [0.717, 1.165) is 43.4 Å². The Morgan fingerprint density at radius 3 is 2.60 bits per heavy atom. The van der Waals surface area contributed by atoms with Crippen molar-refractivity contribution in [1.82, 2.24) is 4.98 Å². The molecule has 0 N–H and O–H groups in total. The minimum atomic E-state index is -0.287. The van der Waals surface area contributed by atoms with Gasteiger partial charge in [-0.05, 0) is 31.9 Å². The van der Waals surface area contributed by atoms with E-state index < -0.39 is 0 Å². The summed E-state index contributed by atoms with van der Waals surface area (Å²) in [6.07, 6.45) is 6.60. The van der Waals surface area contributed by atoms with Crippen LogP contribution in [-0.4, -0.2) is 11.3 Å². The van der Waals surface area contributed by atoms with Gasteiger partial charge >= 0.3 is 0 Å². The Bertz CT molecular complexity index is 353. The number of hydrogen-bond donors (Lipinski definition) is 0. The second-order valence-electron chi connectivity index (χ2n) is 4.50. The fourth-order valence-electron chi connectivity index (χ4n) is 2.44. The van der Waals surface area contributed by atoms with E-state index in [0.29, 0.717) is 0 Å². The van der Waals surface area contributed by atoms with Crippen LogP contribution < -0.4 is 0 Å². The molecular formula is C13H17NO. The molecule has 0 aromatic carbocycles. The quantitative estimate of drug-likeness (QED) is 0.692. The van der Waals surface area contributed by atoms with Gasteiger partial charge in [-0.15, -0.1) is 0 Å². The first-order valence-corrected chi connectivity index (χ1v) is 5.67. The molecule has 2 nitrogen and oxygen atoms in total. The average Bonchev–Trinajstić information content (AvgIpc) is 2.30. The number of pyridine rings is 1. The number of carbonyl (C=O) groups is 1. The van der Waals surface area contributed by atoms with Crippen molar-refractivity contribution in [2.75, 3.05) is 0 Å². The summed E-state index contributed by atoms with van der Waals surface area (Å²) in [5.41, 5.74) is 1.68. The number of nitrogens with zero attached hydrogens (tertiary/aromatic N) is 1. The van der Waals surface area contributed by atoms with E-state index in [9.17, 15) is 4.79 Å². The summed E-state index contributed by atoms with van der Waals surface area (Å²) in [6, 6.07) is 5.97. The van der Waals surface area contributed by atoms with Crippen molar-refractivity contribution in [1.29, 1.82) is 0 Å². The monoisotopic (exact) mass is 203 g/mol. The van der Waals surface area contributed by atoms with Gasteiger partial charge in [0.2, 0.25) is 0 Å². The summed E-state index contributed by atoms with van der Waals surface area (Å²) < 4.78 is 0. The molecule has 1 aliphatic carbocycles. The fraction of sp³-hybridized carbons (Fsp3) is 0.538. The molecule has 0 unspecified atom stereocenters. The Balaban J connectivity index is 2.36. The number of aryl methyl sites for hydroxylation is 1. The predicted molar refractivity (Wildman–Crippen MR) is 59.8 cm³/mol. The normalized spacial score (nSPS) is 19.8. The van der Waals surface area contributed by atoms with E-state index >= 15 is 0 Å². The van der Waals surface area contributed by atoms with Gasteiger partial charge in [-0.25, -0.2) is 0 Å². The SMILES string of the molecule is Cc1cccc(C2(C=O)CCCCC2)n1. The first-order valence-electron chi connectivity index (χ1n) is 5.67. The summed E-state index contributed by atoms with van der Waals surface area (Å²) in [6.45, 7) is 1.98. The molecule has 0 atom stereocenters. The van der Waals surface area contributed by atoms with Gasteiger partial charge in [-0.2, -0.15) is 0 Å². The van der Waals surface area contributed by atoms with Gasteiger partial charge < -0.3 is 4.79 Å². The maximum atomic E-state index is 11.4. The number of aldehydes is 1. The summed E-state index contributed by atoms with van der Waals surface area (Å²) >= 11 is 0. The van der Waals surface area contributed by atoms with E-state index in [1.54, 1.807) is 0 Å². The van der Waals surface area contributed by atoms with Gasteiger partial charge in [0.1, 0.15) is 6.29 Å². The average molecular weight is 203 g/mol. The van der Waals surface area contributed by atoms with E-state index in [1.807, 2.05) is 25.1 Å². The minimum absolute atomic E-state index is 0.287. The molecule has 0 aliphatic heterocycles. The van der Waals surface area contributed by atoms with Crippen LogP contribution in [0.15, 0.2) is 18.2 Å². The van der Waals surface area contributed by atoms with Gasteiger partial charge in [0, 0.05) is 5.69 Å². The zero-order chi connectivity index (χ0) is 10.7. The van der Waals surface area contributed by atoms with Crippen LogP contribution in [0, 0.1) is 6.92 Å². The van der Waals surface area contributed by atoms with Crippen LogP contribution in [0.4, 0.5) is 0 Å². The molecule has 2 heteroatoms. The molecule has 2 rings (SSSR count). The molecule has 1 saturated carbocycles. The third-order valence-electron chi connectivity index (χ3n) is 3.37. The Hall–Kier alpha value is -1.18. The largest absolute Gasteiger partial charge is 0.302 e. The maximum Gasteiger partial charge on any atom is 0.132 e. The predicted octanol–water partition coefficient (Wildman–Crippen LogP) is 2.79. The second kappa shape index (κ2) is 4.13. The first kappa shape index (κ1) is 10.3. The van der Waals surface area contributed by atoms with Crippen LogP contribution in [0.3, 0.4) is 0 Å². The van der Waals surface area contributed by atoms with Crippen molar-refractivity contribution in [2.24, 2.45) is 0 Å². The van der Waals surface area contributed by atoms with Gasteiger partial charge in [-0.1, -0.05) is 25.3 Å². The van der Waals surface area contributed by atoms with Gasteiger partial charge in [0.25, 0.3) is 0 Å². The van der Waals surface area contributed by atoms with Crippen LogP contribution >= 0.6 is 0 Å². The molecule has 1 heterocycles. The van der Waals surface area contributed by atoms with Crippen LogP contribution in [0.5, 0.6) is 0 Å². The van der Waals surface area contributed by atoms with Crippen LogP contribution in [0.1, 0.15) is 43.5 Å². The molecule has 1 aromatic heterocycles. The van der Waals surface area contributed by atoms with E-state index in [4.69, 9.17) is 0 Å². The lowest BCUT2D eigenvalue weighted by molar-refractivity contribution is -0.113. The van der Waals surface area contributed by atoms with E-state index in [1.165, 1.54) is 6.42 Å². The molecule has 15 heavy (non-hydrogen) atoms. The van der Waals surface area contributed by atoms with E-state index in [2.05, 4.69) is 4.98 Å². The van der Waals surface area contributed by atoms with Crippen molar-refractivity contribution >= 4 is 6.29 Å². The number of hydrogen-bond acceptors (Lipinski definition) is 2. The van der Waals surface area contributed by atoms with Gasteiger partial charge in [0.05, 0.1) is 11.1 Å². The Labute approximate surface area is 90.7 Å². The van der Waals surface area contributed by atoms with Gasteiger partial charge in [0.15, 0.2) is 0 Å². The summed E-state index contributed by atoms with van der Waals surface area (Å²) in [7, 11) is 0. The highest BCUT2D eigenvalue weighted by Gasteiger charge is 2.34. The van der Waals surface area contributed by atoms with Gasteiger partial charge in [-0.3, -0.25) is 4.98 Å². The minimum Gasteiger partial charge on any atom is -0.302 e. The number of rotatable bonds is 2. The molecule has 0 bridgehead atoms.